The van der Waals surface area contributed by atoms with Crippen molar-refractivity contribution in [1.29, 1.82) is 5.26 Å². The van der Waals surface area contributed by atoms with E-state index in [0.717, 1.165) is 0 Å². The lowest BCUT2D eigenvalue weighted by Gasteiger charge is -2.20. The smallest absolute Gasteiger partial charge is 0.324 e. The molecule has 0 fully saturated rings. The second kappa shape index (κ2) is 5.38. The zero-order chi connectivity index (χ0) is 14.7. The van der Waals surface area contributed by atoms with Crippen LogP contribution in [0.4, 0.5) is 0 Å². The summed E-state index contributed by atoms with van der Waals surface area (Å²) < 4.78 is 25.8. The summed E-state index contributed by atoms with van der Waals surface area (Å²) in [6.07, 6.45) is 0. The van der Waals surface area contributed by atoms with Crippen LogP contribution in [0, 0.1) is 11.3 Å². The second-order valence-corrected chi connectivity index (χ2v) is 6.33. The Kier molecular flexibility index (Phi) is 4.29. The predicted octanol–water partition coefficient (Wildman–Crippen LogP) is 0.841. The van der Waals surface area contributed by atoms with E-state index in [1.54, 1.807) is 18.2 Å². The molecule has 0 saturated heterocycles. The Hall–Kier alpha value is -1.91. The van der Waals surface area contributed by atoms with E-state index in [0.29, 0.717) is 11.1 Å². The van der Waals surface area contributed by atoms with Crippen molar-refractivity contribution in [3.05, 3.63) is 35.4 Å². The first kappa shape index (κ1) is 15.1. The number of sulfonamides is 1. The molecule has 1 aromatic rings. The average Bonchev–Trinajstić information content (AvgIpc) is 2.26. The van der Waals surface area contributed by atoms with Crippen molar-refractivity contribution in [3.8, 4) is 6.07 Å². The number of nitriles is 1. The van der Waals surface area contributed by atoms with Gasteiger partial charge < -0.3 is 5.11 Å². The molecule has 19 heavy (non-hydrogen) atoms. The zero-order valence-electron chi connectivity index (χ0n) is 10.5. The van der Waals surface area contributed by atoms with Crippen LogP contribution in [0.5, 0.6) is 0 Å². The Morgan fingerprint density at radius 3 is 2.63 bits per heavy atom. The van der Waals surface area contributed by atoms with E-state index in [2.05, 4.69) is 4.72 Å². The minimum absolute atomic E-state index is 0.352. The molecule has 0 saturated carbocycles. The Morgan fingerprint density at radius 1 is 1.47 bits per heavy atom. The van der Waals surface area contributed by atoms with Crippen LogP contribution in [0.2, 0.25) is 0 Å². The quantitative estimate of drug-likeness (QED) is 0.832. The number of rotatable bonds is 5. The molecule has 0 amide bonds. The summed E-state index contributed by atoms with van der Waals surface area (Å²) in [6.45, 7) is 2.52. The molecule has 0 radical (unpaired) electrons. The maximum absolute atomic E-state index is 11.9. The monoisotopic (exact) mass is 282 g/mol. The van der Waals surface area contributed by atoms with Crippen LogP contribution < -0.4 is 4.72 Å². The molecule has 0 bridgehead atoms. The maximum atomic E-state index is 11.9. The van der Waals surface area contributed by atoms with Gasteiger partial charge in [0.25, 0.3) is 0 Å². The Labute approximate surface area is 111 Å². The number of carboxylic acids is 1. The molecular formula is C12H14N2O4S. The molecule has 1 rings (SSSR count). The number of carboxylic acid groups (broad SMARTS) is 1. The Morgan fingerprint density at radius 2 is 2.11 bits per heavy atom. The van der Waals surface area contributed by atoms with Gasteiger partial charge in [-0.2, -0.15) is 9.98 Å². The molecule has 0 aliphatic heterocycles. The number of carbonyl (C=O) groups is 1. The SMILES string of the molecule is CC(C)(NS(=O)(=O)Cc1cccc(C#N)c1)C(=O)O. The molecule has 0 aliphatic carbocycles. The maximum Gasteiger partial charge on any atom is 0.324 e. The standard InChI is InChI=1S/C12H14N2O4S/c1-12(2,11(15)16)14-19(17,18)8-10-5-3-4-9(6-10)7-13/h3-6,14H,8H2,1-2H3,(H,15,16). The second-order valence-electron chi connectivity index (χ2n) is 4.60. The molecule has 6 nitrogen and oxygen atoms in total. The third-order valence-corrected chi connectivity index (χ3v) is 3.89. The lowest BCUT2D eigenvalue weighted by atomic mass is 10.1. The van der Waals surface area contributed by atoms with E-state index in [1.807, 2.05) is 6.07 Å². The summed E-state index contributed by atoms with van der Waals surface area (Å²) in [5.74, 6) is -1.64. The van der Waals surface area contributed by atoms with Crippen LogP contribution in [0.3, 0.4) is 0 Å². The highest BCUT2D eigenvalue weighted by Gasteiger charge is 2.32. The van der Waals surface area contributed by atoms with E-state index >= 15 is 0 Å². The van der Waals surface area contributed by atoms with Gasteiger partial charge in [0.05, 0.1) is 17.4 Å². The van der Waals surface area contributed by atoms with Crippen LogP contribution in [0.1, 0.15) is 25.0 Å². The van der Waals surface area contributed by atoms with Crippen molar-refractivity contribution < 1.29 is 18.3 Å². The minimum Gasteiger partial charge on any atom is -0.480 e. The Balaban J connectivity index is 2.92. The van der Waals surface area contributed by atoms with Crippen LogP contribution >= 0.6 is 0 Å². The minimum atomic E-state index is -3.80. The van der Waals surface area contributed by atoms with Crippen molar-refractivity contribution in [2.24, 2.45) is 0 Å². The first-order valence-electron chi connectivity index (χ1n) is 5.40. The van der Waals surface area contributed by atoms with Gasteiger partial charge in [0.1, 0.15) is 5.54 Å². The highest BCUT2D eigenvalue weighted by molar-refractivity contribution is 7.88. The van der Waals surface area contributed by atoms with Gasteiger partial charge >= 0.3 is 5.97 Å². The van der Waals surface area contributed by atoms with Crippen molar-refractivity contribution in [1.82, 2.24) is 4.72 Å². The van der Waals surface area contributed by atoms with Crippen molar-refractivity contribution in [2.45, 2.75) is 25.1 Å². The molecule has 0 aliphatic rings. The number of nitrogens with one attached hydrogen (secondary N) is 1. The lowest BCUT2D eigenvalue weighted by molar-refractivity contribution is -0.142. The highest BCUT2D eigenvalue weighted by atomic mass is 32.2. The summed E-state index contributed by atoms with van der Waals surface area (Å²) in [6, 6.07) is 8.06. The lowest BCUT2D eigenvalue weighted by Crippen LogP contribution is -2.49. The van der Waals surface area contributed by atoms with Gasteiger partial charge in [0, 0.05) is 0 Å². The number of aliphatic carboxylic acids is 1. The van der Waals surface area contributed by atoms with Crippen molar-refractivity contribution in [3.63, 3.8) is 0 Å². The third-order valence-electron chi connectivity index (χ3n) is 2.36. The number of nitrogens with zero attached hydrogens (tertiary/aromatic N) is 1. The normalized spacial score (nSPS) is 11.8. The van der Waals surface area contributed by atoms with Gasteiger partial charge in [0.15, 0.2) is 0 Å². The first-order valence-corrected chi connectivity index (χ1v) is 7.05. The van der Waals surface area contributed by atoms with Gasteiger partial charge in [0.2, 0.25) is 10.0 Å². The van der Waals surface area contributed by atoms with Gasteiger partial charge in [-0.1, -0.05) is 12.1 Å². The van der Waals surface area contributed by atoms with Gasteiger partial charge in [-0.3, -0.25) is 4.79 Å². The fourth-order valence-electron chi connectivity index (χ4n) is 1.42. The highest BCUT2D eigenvalue weighted by Crippen LogP contribution is 2.11. The van der Waals surface area contributed by atoms with Crippen molar-refractivity contribution in [2.75, 3.05) is 0 Å². The average molecular weight is 282 g/mol. The molecule has 0 spiro atoms. The van der Waals surface area contributed by atoms with E-state index < -0.39 is 21.5 Å². The molecular weight excluding hydrogens is 268 g/mol. The molecule has 102 valence electrons. The fraction of sp³-hybridized carbons (Fsp3) is 0.333. The summed E-state index contributed by atoms with van der Waals surface area (Å²) in [4.78, 5) is 10.9. The van der Waals surface area contributed by atoms with Gasteiger partial charge in [-0.25, -0.2) is 8.42 Å². The summed E-state index contributed by atoms with van der Waals surface area (Å²) >= 11 is 0. The van der Waals surface area contributed by atoms with Crippen molar-refractivity contribution >= 4 is 16.0 Å². The van der Waals surface area contributed by atoms with E-state index in [-0.39, 0.29) is 5.75 Å². The topological polar surface area (TPSA) is 107 Å². The summed E-state index contributed by atoms with van der Waals surface area (Å²) in [7, 11) is -3.80. The molecule has 0 atom stereocenters. The van der Waals surface area contributed by atoms with Gasteiger partial charge in [-0.05, 0) is 31.5 Å². The van der Waals surface area contributed by atoms with E-state index in [9.17, 15) is 13.2 Å². The number of benzene rings is 1. The van der Waals surface area contributed by atoms with E-state index in [1.165, 1.54) is 19.9 Å². The summed E-state index contributed by atoms with van der Waals surface area (Å²) in [5, 5.41) is 17.6. The fourth-order valence-corrected chi connectivity index (χ4v) is 2.97. The van der Waals surface area contributed by atoms with Crippen LogP contribution in [0.15, 0.2) is 24.3 Å². The molecule has 0 unspecified atom stereocenters. The first-order chi connectivity index (χ1) is 8.66. The zero-order valence-corrected chi connectivity index (χ0v) is 11.4. The molecule has 2 N–H and O–H groups in total. The molecule has 0 heterocycles. The van der Waals surface area contributed by atoms with Crippen LogP contribution in [0.25, 0.3) is 0 Å². The molecule has 1 aromatic carbocycles. The summed E-state index contributed by atoms with van der Waals surface area (Å²) in [5.41, 5.74) is -0.802. The molecule has 0 aromatic heterocycles. The number of hydrogen-bond donors (Lipinski definition) is 2. The van der Waals surface area contributed by atoms with E-state index in [4.69, 9.17) is 10.4 Å². The Bertz CT molecular complexity index is 629. The van der Waals surface area contributed by atoms with Crippen LogP contribution in [-0.4, -0.2) is 25.0 Å². The van der Waals surface area contributed by atoms with Crippen LogP contribution in [-0.2, 0) is 20.6 Å². The third kappa shape index (κ3) is 4.35. The largest absolute Gasteiger partial charge is 0.480 e. The predicted molar refractivity (Wildman–Crippen MR) is 68.6 cm³/mol. The number of hydrogen-bond acceptors (Lipinski definition) is 4. The van der Waals surface area contributed by atoms with Gasteiger partial charge in [-0.15, -0.1) is 0 Å². The molecule has 7 heteroatoms.